The van der Waals surface area contributed by atoms with Gasteiger partial charge in [-0.2, -0.15) is 0 Å². The summed E-state index contributed by atoms with van der Waals surface area (Å²) in [5, 5.41) is 13.2. The lowest BCUT2D eigenvalue weighted by atomic mass is 10.4. The predicted octanol–water partition coefficient (Wildman–Crippen LogP) is 0.494. The molecule has 0 aliphatic heterocycles. The summed E-state index contributed by atoms with van der Waals surface area (Å²) in [6.45, 7) is 0.471. The number of amides is 1. The number of hydrogen-bond donors (Lipinski definition) is 2. The molecule has 16 heavy (non-hydrogen) atoms. The second-order valence-electron chi connectivity index (χ2n) is 2.96. The van der Waals surface area contributed by atoms with E-state index in [1.54, 1.807) is 12.5 Å². The van der Waals surface area contributed by atoms with Crippen LogP contribution in [0.1, 0.15) is 21.9 Å². The van der Waals surface area contributed by atoms with Crippen LogP contribution in [-0.2, 0) is 16.1 Å². The lowest BCUT2D eigenvalue weighted by Gasteiger charge is -1.99. The molecule has 6 nitrogen and oxygen atoms in total. The van der Waals surface area contributed by atoms with E-state index in [9.17, 15) is 9.59 Å². The smallest absolute Gasteiger partial charge is 0.305 e. The van der Waals surface area contributed by atoms with E-state index in [0.29, 0.717) is 17.3 Å². The Morgan fingerprint density at radius 2 is 2.38 bits per heavy atom. The largest absolute Gasteiger partial charge is 0.481 e. The first-order chi connectivity index (χ1) is 7.63. The van der Waals surface area contributed by atoms with Gasteiger partial charge in [-0.1, -0.05) is 0 Å². The van der Waals surface area contributed by atoms with Gasteiger partial charge in [0.25, 0.3) is 5.91 Å². The zero-order valence-corrected chi connectivity index (χ0v) is 9.54. The quantitative estimate of drug-likeness (QED) is 0.760. The molecule has 0 aromatic carbocycles. The van der Waals surface area contributed by atoms with Crippen LogP contribution in [0.3, 0.4) is 0 Å². The summed E-state index contributed by atoms with van der Waals surface area (Å²) < 4.78 is 4.87. The number of carboxylic acids is 1. The molecule has 0 bridgehead atoms. The van der Waals surface area contributed by atoms with Crippen LogP contribution in [0.2, 0.25) is 0 Å². The van der Waals surface area contributed by atoms with Gasteiger partial charge in [0.05, 0.1) is 13.0 Å². The number of carbonyl (C=O) groups is 2. The molecular formula is C9H12N2O4S. The van der Waals surface area contributed by atoms with Crippen molar-refractivity contribution >= 4 is 23.2 Å². The van der Waals surface area contributed by atoms with E-state index in [1.165, 1.54) is 11.3 Å². The minimum Gasteiger partial charge on any atom is -0.481 e. The second-order valence-corrected chi connectivity index (χ2v) is 3.90. The molecule has 0 fully saturated rings. The average molecular weight is 244 g/mol. The number of rotatable bonds is 6. The Hall–Kier alpha value is -1.47. The zero-order valence-electron chi connectivity index (χ0n) is 8.73. The van der Waals surface area contributed by atoms with Crippen molar-refractivity contribution in [2.75, 3.05) is 13.7 Å². The fourth-order valence-electron chi connectivity index (χ4n) is 0.978. The van der Waals surface area contributed by atoms with Crippen molar-refractivity contribution in [3.05, 3.63) is 16.1 Å². The molecule has 0 spiro atoms. The van der Waals surface area contributed by atoms with E-state index in [0.717, 1.165) is 0 Å². The van der Waals surface area contributed by atoms with E-state index >= 15 is 0 Å². The van der Waals surface area contributed by atoms with Crippen LogP contribution in [0.25, 0.3) is 0 Å². The Morgan fingerprint density at radius 1 is 1.62 bits per heavy atom. The van der Waals surface area contributed by atoms with Crippen molar-refractivity contribution in [3.63, 3.8) is 0 Å². The van der Waals surface area contributed by atoms with Gasteiger partial charge in [0, 0.05) is 19.0 Å². The fourth-order valence-corrected chi connectivity index (χ4v) is 1.72. The summed E-state index contributed by atoms with van der Waals surface area (Å²) in [7, 11) is 1.55. The van der Waals surface area contributed by atoms with E-state index in [1.807, 2.05) is 0 Å². The van der Waals surface area contributed by atoms with Crippen LogP contribution >= 0.6 is 11.3 Å². The van der Waals surface area contributed by atoms with E-state index in [-0.39, 0.29) is 18.9 Å². The standard InChI is InChI=1S/C9H12N2O4S/c1-15-4-7-11-6(5-16-7)9(14)10-3-2-8(12)13/h5H,2-4H2,1H3,(H,10,14)(H,12,13). The number of aromatic nitrogens is 1. The highest BCUT2D eigenvalue weighted by atomic mass is 32.1. The van der Waals surface area contributed by atoms with Crippen LogP contribution in [-0.4, -0.2) is 35.6 Å². The Labute approximate surface area is 96.3 Å². The molecule has 1 heterocycles. The number of thiazole rings is 1. The molecule has 1 aromatic heterocycles. The second kappa shape index (κ2) is 6.19. The first-order valence-electron chi connectivity index (χ1n) is 4.57. The number of ether oxygens (including phenoxy) is 1. The average Bonchev–Trinajstić information content (AvgIpc) is 2.66. The summed E-state index contributed by atoms with van der Waals surface area (Å²) in [5.41, 5.74) is 0.294. The van der Waals surface area contributed by atoms with Crippen LogP contribution < -0.4 is 5.32 Å². The number of aliphatic carboxylic acids is 1. The number of methoxy groups -OCH3 is 1. The minimum absolute atomic E-state index is 0.0964. The highest BCUT2D eigenvalue weighted by Gasteiger charge is 2.10. The van der Waals surface area contributed by atoms with Gasteiger partial charge in [0.15, 0.2) is 0 Å². The van der Waals surface area contributed by atoms with Gasteiger partial charge in [-0.25, -0.2) is 4.98 Å². The van der Waals surface area contributed by atoms with Gasteiger partial charge >= 0.3 is 5.97 Å². The highest BCUT2D eigenvalue weighted by Crippen LogP contribution is 2.10. The van der Waals surface area contributed by atoms with E-state index in [4.69, 9.17) is 9.84 Å². The summed E-state index contributed by atoms with van der Waals surface area (Å²) in [6.07, 6.45) is -0.0964. The molecule has 0 unspecified atom stereocenters. The third kappa shape index (κ3) is 3.95. The molecule has 1 aromatic rings. The Kier molecular flexibility index (Phi) is 4.87. The van der Waals surface area contributed by atoms with Crippen LogP contribution in [0.15, 0.2) is 5.38 Å². The summed E-state index contributed by atoms with van der Waals surface area (Å²) in [6, 6.07) is 0. The van der Waals surface area contributed by atoms with Gasteiger partial charge in [-0.05, 0) is 0 Å². The first kappa shape index (κ1) is 12.6. The molecule has 0 atom stereocenters. The predicted molar refractivity (Wildman–Crippen MR) is 57.4 cm³/mol. The molecule has 1 rings (SSSR count). The molecule has 7 heteroatoms. The van der Waals surface area contributed by atoms with Crippen molar-refractivity contribution in [2.45, 2.75) is 13.0 Å². The van der Waals surface area contributed by atoms with Crippen molar-refractivity contribution in [1.29, 1.82) is 0 Å². The zero-order chi connectivity index (χ0) is 12.0. The van der Waals surface area contributed by atoms with Gasteiger partial charge in [0.2, 0.25) is 0 Å². The van der Waals surface area contributed by atoms with Gasteiger partial charge in [0.1, 0.15) is 10.7 Å². The highest BCUT2D eigenvalue weighted by molar-refractivity contribution is 7.09. The molecule has 0 aliphatic carbocycles. The molecule has 1 amide bonds. The first-order valence-corrected chi connectivity index (χ1v) is 5.44. The van der Waals surface area contributed by atoms with Crippen LogP contribution in [0.5, 0.6) is 0 Å². The van der Waals surface area contributed by atoms with E-state index in [2.05, 4.69) is 10.3 Å². The lowest BCUT2D eigenvalue weighted by Crippen LogP contribution is -2.26. The van der Waals surface area contributed by atoms with Crippen molar-refractivity contribution in [1.82, 2.24) is 10.3 Å². The molecule has 2 N–H and O–H groups in total. The summed E-state index contributed by atoms with van der Waals surface area (Å²) in [4.78, 5) is 25.7. The number of carbonyl (C=O) groups excluding carboxylic acids is 1. The van der Waals surface area contributed by atoms with Crippen LogP contribution in [0, 0.1) is 0 Å². The molecular weight excluding hydrogens is 232 g/mol. The summed E-state index contributed by atoms with van der Waals surface area (Å²) in [5.74, 6) is -1.31. The maximum absolute atomic E-state index is 11.4. The third-order valence-electron chi connectivity index (χ3n) is 1.68. The fraction of sp³-hybridized carbons (Fsp3) is 0.444. The van der Waals surface area contributed by atoms with Crippen molar-refractivity contribution < 1.29 is 19.4 Å². The molecule has 0 saturated carbocycles. The number of nitrogens with zero attached hydrogens (tertiary/aromatic N) is 1. The SMILES string of the molecule is COCc1nc(C(=O)NCCC(=O)O)cs1. The van der Waals surface area contributed by atoms with Crippen molar-refractivity contribution in [2.24, 2.45) is 0 Å². The van der Waals surface area contributed by atoms with Crippen LogP contribution in [0.4, 0.5) is 0 Å². The topological polar surface area (TPSA) is 88.5 Å². The Balaban J connectivity index is 2.43. The van der Waals surface area contributed by atoms with Gasteiger partial charge in [-0.15, -0.1) is 11.3 Å². The summed E-state index contributed by atoms with van der Waals surface area (Å²) >= 11 is 1.33. The number of hydrogen-bond acceptors (Lipinski definition) is 5. The van der Waals surface area contributed by atoms with Gasteiger partial charge < -0.3 is 15.2 Å². The monoisotopic (exact) mass is 244 g/mol. The maximum atomic E-state index is 11.4. The maximum Gasteiger partial charge on any atom is 0.305 e. The Bertz CT molecular complexity index is 377. The number of nitrogens with one attached hydrogen (secondary N) is 1. The third-order valence-corrected chi connectivity index (χ3v) is 2.50. The van der Waals surface area contributed by atoms with E-state index < -0.39 is 5.97 Å². The molecule has 0 aliphatic rings. The molecule has 0 saturated heterocycles. The molecule has 88 valence electrons. The Morgan fingerprint density at radius 3 is 3.00 bits per heavy atom. The van der Waals surface area contributed by atoms with Gasteiger partial charge in [-0.3, -0.25) is 9.59 Å². The van der Waals surface area contributed by atoms with Crippen molar-refractivity contribution in [3.8, 4) is 0 Å². The molecule has 0 radical (unpaired) electrons. The minimum atomic E-state index is -0.946. The number of carboxylic acid groups (broad SMARTS) is 1. The lowest BCUT2D eigenvalue weighted by molar-refractivity contribution is -0.136. The normalized spacial score (nSPS) is 10.1.